The van der Waals surface area contributed by atoms with E-state index < -0.39 is 17.7 Å². The summed E-state index contributed by atoms with van der Waals surface area (Å²) in [5, 5.41) is 12.6. The van der Waals surface area contributed by atoms with Gasteiger partial charge in [0.25, 0.3) is 11.7 Å². The molecule has 1 aliphatic carbocycles. The standard InChI is InChI=1S/C25H22Cl2N2O4/c1-33-24-17(26)10-13(11-18(24)27)22(30)20-21(16-12-28-19-9-5-4-8-15(16)19)29(25(32)23(20)31)14-6-2-3-7-14/h4-5,8-12,14,21,28,30H,2-3,6-7H2,1H3/b22-20+. The fourth-order valence-corrected chi connectivity index (χ4v) is 5.72. The lowest BCUT2D eigenvalue weighted by molar-refractivity contribution is -0.141. The number of aliphatic hydroxyl groups is 1. The van der Waals surface area contributed by atoms with Crippen LogP contribution in [0.2, 0.25) is 10.0 Å². The Kier molecular flexibility index (Phi) is 5.59. The number of ketones is 1. The lowest BCUT2D eigenvalue weighted by Crippen LogP contribution is -2.37. The van der Waals surface area contributed by atoms with E-state index in [1.165, 1.54) is 19.2 Å². The zero-order chi connectivity index (χ0) is 23.3. The second-order valence-corrected chi connectivity index (χ2v) is 9.22. The summed E-state index contributed by atoms with van der Waals surface area (Å²) in [6.07, 6.45) is 5.46. The number of rotatable bonds is 4. The topological polar surface area (TPSA) is 82.6 Å². The van der Waals surface area contributed by atoms with Crippen LogP contribution in [0.4, 0.5) is 0 Å². The average molecular weight is 485 g/mol. The molecule has 2 N–H and O–H groups in total. The van der Waals surface area contributed by atoms with Gasteiger partial charge in [0, 0.05) is 34.3 Å². The minimum absolute atomic E-state index is 0.0361. The van der Waals surface area contributed by atoms with Crippen LogP contribution >= 0.6 is 23.2 Å². The van der Waals surface area contributed by atoms with Gasteiger partial charge in [-0.05, 0) is 31.0 Å². The van der Waals surface area contributed by atoms with Crippen molar-refractivity contribution in [1.82, 2.24) is 9.88 Å². The third-order valence-electron chi connectivity index (χ3n) is 6.59. The van der Waals surface area contributed by atoms with E-state index in [2.05, 4.69) is 4.98 Å². The number of aromatic nitrogens is 1. The number of hydrogen-bond acceptors (Lipinski definition) is 4. The number of carbonyl (C=O) groups is 2. The third kappa shape index (κ3) is 3.49. The molecule has 0 radical (unpaired) electrons. The molecule has 1 aromatic heterocycles. The smallest absolute Gasteiger partial charge is 0.295 e. The first-order chi connectivity index (χ1) is 15.9. The van der Waals surface area contributed by atoms with Gasteiger partial charge in [0.2, 0.25) is 0 Å². The Morgan fingerprint density at radius 2 is 1.79 bits per heavy atom. The number of likely N-dealkylation sites (tertiary alicyclic amines) is 1. The molecule has 0 spiro atoms. The summed E-state index contributed by atoms with van der Waals surface area (Å²) < 4.78 is 5.19. The first-order valence-electron chi connectivity index (χ1n) is 10.8. The van der Waals surface area contributed by atoms with E-state index in [4.69, 9.17) is 27.9 Å². The van der Waals surface area contributed by atoms with Crippen molar-refractivity contribution in [3.63, 3.8) is 0 Å². The Labute approximate surface area is 200 Å². The van der Waals surface area contributed by atoms with Crippen LogP contribution in [0.3, 0.4) is 0 Å². The highest BCUT2D eigenvalue weighted by atomic mass is 35.5. The Bertz CT molecular complexity index is 1280. The first kappa shape index (κ1) is 21.9. The number of halogens is 2. The van der Waals surface area contributed by atoms with Gasteiger partial charge in [-0.2, -0.15) is 0 Å². The second-order valence-electron chi connectivity index (χ2n) is 8.41. The molecular formula is C25H22Cl2N2O4. The Balaban J connectivity index is 1.74. The number of nitrogens with one attached hydrogen (secondary N) is 1. The maximum atomic E-state index is 13.3. The SMILES string of the molecule is COc1c(Cl)cc(/C(O)=C2\C(=O)C(=O)N(C3CCCC3)C2c2c[nH]c3ccccc23)cc1Cl. The zero-order valence-corrected chi connectivity index (χ0v) is 19.4. The van der Waals surface area contributed by atoms with Crippen LogP contribution in [0.1, 0.15) is 42.9 Å². The maximum absolute atomic E-state index is 13.3. The molecular weight excluding hydrogens is 463 g/mol. The lowest BCUT2D eigenvalue weighted by atomic mass is 9.94. The van der Waals surface area contributed by atoms with Crippen molar-refractivity contribution >= 4 is 51.6 Å². The Morgan fingerprint density at radius 1 is 1.12 bits per heavy atom. The number of aliphatic hydroxyl groups excluding tert-OH is 1. The highest BCUT2D eigenvalue weighted by molar-refractivity contribution is 6.47. The second kappa shape index (κ2) is 8.43. The van der Waals surface area contributed by atoms with Gasteiger partial charge in [0.15, 0.2) is 5.75 Å². The summed E-state index contributed by atoms with van der Waals surface area (Å²) >= 11 is 12.6. The molecule has 1 unspecified atom stereocenters. The summed E-state index contributed by atoms with van der Waals surface area (Å²) in [6.45, 7) is 0. The molecule has 170 valence electrons. The normalized spacial score (nSPS) is 20.8. The number of hydrogen-bond donors (Lipinski definition) is 2. The zero-order valence-electron chi connectivity index (χ0n) is 17.9. The summed E-state index contributed by atoms with van der Waals surface area (Å²) in [4.78, 5) is 31.5. The summed E-state index contributed by atoms with van der Waals surface area (Å²) in [6, 6.07) is 9.88. The maximum Gasteiger partial charge on any atom is 0.295 e. The van der Waals surface area contributed by atoms with Gasteiger partial charge in [-0.25, -0.2) is 0 Å². The molecule has 2 aliphatic rings. The van der Waals surface area contributed by atoms with E-state index in [0.717, 1.165) is 42.1 Å². The predicted molar refractivity (Wildman–Crippen MR) is 128 cm³/mol. The largest absolute Gasteiger partial charge is 0.507 e. The number of carbonyl (C=O) groups excluding carboxylic acids is 2. The Hall–Kier alpha value is -2.96. The third-order valence-corrected chi connectivity index (χ3v) is 7.15. The molecule has 2 aromatic carbocycles. The molecule has 8 heteroatoms. The molecule has 1 atom stereocenters. The van der Waals surface area contributed by atoms with E-state index in [9.17, 15) is 14.7 Å². The van der Waals surface area contributed by atoms with E-state index in [1.807, 2.05) is 30.5 Å². The molecule has 5 rings (SSSR count). The molecule has 0 bridgehead atoms. The number of fused-ring (bicyclic) bond motifs is 1. The number of H-pyrrole nitrogens is 1. The number of benzene rings is 2. The number of Topliss-reactive ketones (excluding diaryl/α,β-unsaturated/α-hetero) is 1. The molecule has 3 aromatic rings. The van der Waals surface area contributed by atoms with Crippen LogP contribution in [0.25, 0.3) is 16.7 Å². The summed E-state index contributed by atoms with van der Waals surface area (Å²) in [5.41, 5.74) is 1.94. The molecule has 33 heavy (non-hydrogen) atoms. The van der Waals surface area contributed by atoms with Crippen molar-refractivity contribution in [2.75, 3.05) is 7.11 Å². The first-order valence-corrected chi connectivity index (χ1v) is 11.6. The van der Waals surface area contributed by atoms with Crippen molar-refractivity contribution in [1.29, 1.82) is 0 Å². The molecule has 2 fully saturated rings. The lowest BCUT2D eigenvalue weighted by Gasteiger charge is -2.30. The minimum atomic E-state index is -0.719. The molecule has 1 amide bonds. The fraction of sp³-hybridized carbons (Fsp3) is 0.280. The molecule has 1 aliphatic heterocycles. The van der Waals surface area contributed by atoms with Crippen molar-refractivity contribution < 1.29 is 19.4 Å². The number of amides is 1. The predicted octanol–water partition coefficient (Wildman–Crippen LogP) is 5.85. The van der Waals surface area contributed by atoms with Gasteiger partial charge >= 0.3 is 0 Å². The van der Waals surface area contributed by atoms with Gasteiger partial charge in [-0.1, -0.05) is 54.2 Å². The van der Waals surface area contributed by atoms with Crippen molar-refractivity contribution in [2.24, 2.45) is 0 Å². The van der Waals surface area contributed by atoms with E-state index >= 15 is 0 Å². The number of aromatic amines is 1. The van der Waals surface area contributed by atoms with Crippen LogP contribution in [0, 0.1) is 0 Å². The number of ether oxygens (including phenoxy) is 1. The Morgan fingerprint density at radius 3 is 2.45 bits per heavy atom. The minimum Gasteiger partial charge on any atom is -0.507 e. The van der Waals surface area contributed by atoms with Gasteiger partial charge in [0.1, 0.15) is 5.76 Å². The average Bonchev–Trinajstić information content (AvgIpc) is 3.52. The summed E-state index contributed by atoms with van der Waals surface area (Å²) in [7, 11) is 1.44. The molecule has 2 heterocycles. The van der Waals surface area contributed by atoms with Crippen LogP contribution < -0.4 is 4.74 Å². The van der Waals surface area contributed by atoms with E-state index in [-0.39, 0.29) is 38.7 Å². The monoisotopic (exact) mass is 484 g/mol. The molecule has 6 nitrogen and oxygen atoms in total. The van der Waals surface area contributed by atoms with Crippen molar-refractivity contribution in [3.8, 4) is 5.75 Å². The molecule has 1 saturated carbocycles. The number of para-hydroxylation sites is 1. The fourth-order valence-electron chi connectivity index (χ4n) is 5.08. The highest BCUT2D eigenvalue weighted by Crippen LogP contribution is 2.46. The van der Waals surface area contributed by atoms with E-state index in [1.54, 1.807) is 4.90 Å². The van der Waals surface area contributed by atoms with Crippen LogP contribution in [-0.2, 0) is 9.59 Å². The van der Waals surface area contributed by atoms with Gasteiger partial charge in [-0.15, -0.1) is 0 Å². The van der Waals surface area contributed by atoms with Crippen molar-refractivity contribution in [2.45, 2.75) is 37.8 Å². The summed E-state index contributed by atoms with van der Waals surface area (Å²) in [5.74, 6) is -1.34. The van der Waals surface area contributed by atoms with Crippen molar-refractivity contribution in [3.05, 3.63) is 69.3 Å². The number of methoxy groups -OCH3 is 1. The van der Waals surface area contributed by atoms with Gasteiger partial charge in [-0.3, -0.25) is 9.59 Å². The van der Waals surface area contributed by atoms with Gasteiger partial charge < -0.3 is 19.7 Å². The van der Waals surface area contributed by atoms with Crippen LogP contribution in [0.15, 0.2) is 48.2 Å². The van der Waals surface area contributed by atoms with Crippen LogP contribution in [0.5, 0.6) is 5.75 Å². The number of nitrogens with zero attached hydrogens (tertiary/aromatic N) is 1. The highest BCUT2D eigenvalue weighted by Gasteiger charge is 2.49. The molecule has 1 saturated heterocycles. The van der Waals surface area contributed by atoms with E-state index in [0.29, 0.717) is 0 Å². The quantitative estimate of drug-likeness (QED) is 0.276. The van der Waals surface area contributed by atoms with Gasteiger partial charge in [0.05, 0.1) is 28.8 Å². The van der Waals surface area contributed by atoms with Crippen LogP contribution in [-0.4, -0.2) is 39.8 Å².